The van der Waals surface area contributed by atoms with Crippen LogP contribution in [-0.4, -0.2) is 31.0 Å². The van der Waals surface area contributed by atoms with Crippen LogP contribution in [0.25, 0.3) is 16.7 Å². The molecular formula is C24H19ClF3N5O2S. The zero-order chi connectivity index (χ0) is 25.8. The molecule has 0 radical (unpaired) electrons. The van der Waals surface area contributed by atoms with Gasteiger partial charge in [0.05, 0.1) is 34.2 Å². The first-order valence-corrected chi connectivity index (χ1v) is 12.3. The summed E-state index contributed by atoms with van der Waals surface area (Å²) >= 11 is 7.32. The number of carbonyl (C=O) groups excluding carboxylic acids is 1. The Kier molecular flexibility index (Phi) is 6.08. The molecule has 1 atom stereocenters. The maximum atomic E-state index is 13.3. The van der Waals surface area contributed by atoms with Crippen LogP contribution in [0.1, 0.15) is 29.2 Å². The van der Waals surface area contributed by atoms with Gasteiger partial charge in [-0.2, -0.15) is 18.3 Å². The number of hydrogen-bond acceptors (Lipinski definition) is 5. The van der Waals surface area contributed by atoms with E-state index in [1.807, 2.05) is 32.0 Å². The number of hydrogen-bond donors (Lipinski definition) is 1. The van der Waals surface area contributed by atoms with Crippen molar-refractivity contribution in [1.82, 2.24) is 19.3 Å². The van der Waals surface area contributed by atoms with Crippen LogP contribution >= 0.6 is 23.4 Å². The van der Waals surface area contributed by atoms with Gasteiger partial charge in [-0.3, -0.25) is 14.2 Å². The van der Waals surface area contributed by atoms with E-state index in [-0.39, 0.29) is 22.7 Å². The van der Waals surface area contributed by atoms with E-state index in [9.17, 15) is 22.8 Å². The molecule has 0 aliphatic carbocycles. The number of aromatic nitrogens is 4. The smallest absolute Gasteiger partial charge is 0.325 e. The van der Waals surface area contributed by atoms with Gasteiger partial charge >= 0.3 is 6.18 Å². The predicted octanol–water partition coefficient (Wildman–Crippen LogP) is 5.55. The predicted molar refractivity (Wildman–Crippen MR) is 132 cm³/mol. The molecule has 2 aromatic heterocycles. The number of nitrogens with one attached hydrogen (secondary N) is 1. The number of halogens is 4. The van der Waals surface area contributed by atoms with Crippen LogP contribution in [0, 0.1) is 13.8 Å². The molecule has 1 aliphatic heterocycles. The minimum absolute atomic E-state index is 0.0168. The summed E-state index contributed by atoms with van der Waals surface area (Å²) in [7, 11) is 0. The quantitative estimate of drug-likeness (QED) is 0.348. The Bertz CT molecular complexity index is 1580. The van der Waals surface area contributed by atoms with E-state index >= 15 is 0 Å². The molecule has 1 amide bonds. The van der Waals surface area contributed by atoms with Gasteiger partial charge in [0.2, 0.25) is 5.91 Å². The highest BCUT2D eigenvalue weighted by Gasteiger charge is 2.32. The fourth-order valence-corrected chi connectivity index (χ4v) is 5.51. The van der Waals surface area contributed by atoms with Crippen molar-refractivity contribution in [2.45, 2.75) is 37.6 Å². The van der Waals surface area contributed by atoms with Gasteiger partial charge in [-0.05, 0) is 43.7 Å². The molecule has 12 heteroatoms. The lowest BCUT2D eigenvalue weighted by Crippen LogP contribution is -2.28. The number of benzene rings is 2. The van der Waals surface area contributed by atoms with Gasteiger partial charge in [0.1, 0.15) is 5.39 Å². The molecule has 5 rings (SSSR count). The van der Waals surface area contributed by atoms with Gasteiger partial charge < -0.3 is 5.32 Å². The van der Waals surface area contributed by atoms with Crippen LogP contribution < -0.4 is 10.9 Å². The Labute approximate surface area is 212 Å². The van der Waals surface area contributed by atoms with E-state index in [0.717, 1.165) is 35.0 Å². The van der Waals surface area contributed by atoms with E-state index in [0.29, 0.717) is 21.9 Å². The highest BCUT2D eigenvalue weighted by molar-refractivity contribution is 7.99. The lowest BCUT2D eigenvalue weighted by molar-refractivity contribution is -0.137. The van der Waals surface area contributed by atoms with Gasteiger partial charge in [0, 0.05) is 12.2 Å². The van der Waals surface area contributed by atoms with Gasteiger partial charge in [-0.1, -0.05) is 41.1 Å². The molecule has 0 fully saturated rings. The zero-order valence-electron chi connectivity index (χ0n) is 19.1. The molecule has 0 saturated heterocycles. The molecule has 1 unspecified atom stereocenters. The van der Waals surface area contributed by atoms with Gasteiger partial charge in [0.15, 0.2) is 10.8 Å². The van der Waals surface area contributed by atoms with Gasteiger partial charge in [-0.25, -0.2) is 9.67 Å². The Morgan fingerprint density at radius 2 is 2.00 bits per heavy atom. The molecular weight excluding hydrogens is 515 g/mol. The van der Waals surface area contributed by atoms with Crippen molar-refractivity contribution < 1.29 is 18.0 Å². The summed E-state index contributed by atoms with van der Waals surface area (Å²) in [6.45, 7) is 3.94. The number of carbonyl (C=O) groups is 1. The number of rotatable bonds is 4. The third kappa shape index (κ3) is 4.37. The average molecular weight is 534 g/mol. The Morgan fingerprint density at radius 1 is 1.22 bits per heavy atom. The van der Waals surface area contributed by atoms with Crippen LogP contribution in [0.5, 0.6) is 0 Å². The number of nitrogens with zero attached hydrogens (tertiary/aromatic N) is 4. The van der Waals surface area contributed by atoms with Crippen LogP contribution in [0.4, 0.5) is 18.9 Å². The van der Waals surface area contributed by atoms with E-state index in [1.54, 1.807) is 4.68 Å². The van der Waals surface area contributed by atoms with Crippen LogP contribution in [0.3, 0.4) is 0 Å². The monoisotopic (exact) mass is 533 g/mol. The summed E-state index contributed by atoms with van der Waals surface area (Å²) in [4.78, 5) is 30.7. The molecule has 1 aliphatic rings. The van der Waals surface area contributed by atoms with Gasteiger partial charge in [-0.15, -0.1) is 0 Å². The third-order valence-corrected chi connectivity index (χ3v) is 7.37. The fourth-order valence-electron chi connectivity index (χ4n) is 4.21. The number of alkyl halides is 3. The molecule has 0 spiro atoms. The van der Waals surface area contributed by atoms with Crippen molar-refractivity contribution in [2.24, 2.45) is 0 Å². The first-order chi connectivity index (χ1) is 17.0. The van der Waals surface area contributed by atoms with E-state index in [4.69, 9.17) is 11.6 Å². The summed E-state index contributed by atoms with van der Waals surface area (Å²) < 4.78 is 42.2. The Hall–Kier alpha value is -3.31. The normalized spacial score (nSPS) is 15.3. The van der Waals surface area contributed by atoms with Crippen molar-refractivity contribution >= 4 is 46.0 Å². The van der Waals surface area contributed by atoms with Crippen molar-refractivity contribution in [1.29, 1.82) is 0 Å². The summed E-state index contributed by atoms with van der Waals surface area (Å²) in [5.41, 5.74) is 1.93. The molecule has 1 N–H and O–H groups in total. The molecule has 4 aromatic rings. The lowest BCUT2D eigenvalue weighted by Gasteiger charge is -2.15. The number of thioether (sulfide) groups is 1. The largest absolute Gasteiger partial charge is 0.416 e. The second-order valence-electron chi connectivity index (χ2n) is 8.56. The summed E-state index contributed by atoms with van der Waals surface area (Å²) in [6.07, 6.45) is -3.25. The first kappa shape index (κ1) is 24.4. The molecule has 2 aromatic carbocycles. The maximum absolute atomic E-state index is 13.3. The SMILES string of the molecule is Cc1ccc(-n2ncc3c(=O)n4c(nc32)SCC4CC(=O)Nc2cc(C(F)(F)F)ccc2Cl)c(C)c1. The zero-order valence-corrected chi connectivity index (χ0v) is 20.6. The molecule has 0 bridgehead atoms. The maximum Gasteiger partial charge on any atom is 0.416 e. The fraction of sp³-hybridized carbons (Fsp3) is 0.250. The lowest BCUT2D eigenvalue weighted by atomic mass is 10.1. The topological polar surface area (TPSA) is 81.8 Å². The molecule has 0 saturated carbocycles. The Morgan fingerprint density at radius 3 is 2.72 bits per heavy atom. The minimum atomic E-state index is -4.57. The number of anilines is 1. The van der Waals surface area contributed by atoms with Gasteiger partial charge in [0.25, 0.3) is 5.56 Å². The minimum Gasteiger partial charge on any atom is -0.325 e. The molecule has 7 nitrogen and oxygen atoms in total. The second-order valence-corrected chi connectivity index (χ2v) is 9.96. The second kappa shape index (κ2) is 8.97. The summed E-state index contributed by atoms with van der Waals surface area (Å²) in [6, 6.07) is 8.08. The summed E-state index contributed by atoms with van der Waals surface area (Å²) in [5, 5.41) is 7.57. The van der Waals surface area contributed by atoms with Crippen molar-refractivity contribution in [2.75, 3.05) is 11.1 Å². The number of amides is 1. The van der Waals surface area contributed by atoms with Crippen LogP contribution in [0.2, 0.25) is 5.02 Å². The van der Waals surface area contributed by atoms with Crippen molar-refractivity contribution in [3.05, 3.63) is 74.7 Å². The van der Waals surface area contributed by atoms with Crippen LogP contribution in [-0.2, 0) is 11.0 Å². The van der Waals surface area contributed by atoms with Crippen LogP contribution in [0.15, 0.2) is 52.5 Å². The number of fused-ring (bicyclic) bond motifs is 2. The third-order valence-electron chi connectivity index (χ3n) is 5.94. The highest BCUT2D eigenvalue weighted by Crippen LogP contribution is 2.36. The number of aryl methyl sites for hydroxylation is 2. The van der Waals surface area contributed by atoms with E-state index in [1.165, 1.54) is 22.5 Å². The first-order valence-electron chi connectivity index (χ1n) is 10.9. The van der Waals surface area contributed by atoms with Crippen molar-refractivity contribution in [3.63, 3.8) is 0 Å². The Balaban J connectivity index is 1.43. The van der Waals surface area contributed by atoms with E-state index < -0.39 is 23.7 Å². The molecule has 3 heterocycles. The molecule has 36 heavy (non-hydrogen) atoms. The standard InChI is InChI=1S/C24H19ClF3N5O2S/c1-12-3-6-19(13(2)7-12)33-21-16(10-29-33)22(35)32-15(11-36-23(32)31-21)9-20(34)30-18-8-14(24(26,27)28)4-5-17(18)25/h3-8,10,15H,9,11H2,1-2H3,(H,30,34). The highest BCUT2D eigenvalue weighted by atomic mass is 35.5. The van der Waals surface area contributed by atoms with E-state index in [2.05, 4.69) is 15.4 Å². The van der Waals surface area contributed by atoms with Crippen molar-refractivity contribution in [3.8, 4) is 5.69 Å². The summed E-state index contributed by atoms with van der Waals surface area (Å²) in [5.74, 6) is -0.150. The molecule has 186 valence electrons. The average Bonchev–Trinajstić information content (AvgIpc) is 3.39.